The molecule has 3 N–H and O–H groups in total. The molecule has 0 aromatic carbocycles. The van der Waals surface area contributed by atoms with Crippen LogP contribution in [0.5, 0.6) is 0 Å². The molecule has 0 spiro atoms. The first kappa shape index (κ1) is 12.2. The molecule has 86 valence electrons. The second-order valence-corrected chi connectivity index (χ2v) is 4.32. The van der Waals surface area contributed by atoms with E-state index in [0.717, 1.165) is 18.4 Å². The molecule has 0 bridgehead atoms. The SMILES string of the molecule is CC1(O)CCC/C(=C\CO)C1CC(=O)O. The van der Waals surface area contributed by atoms with Gasteiger partial charge in [-0.15, -0.1) is 0 Å². The molecular formula is C11H18O4. The molecule has 1 aliphatic rings. The molecule has 1 aliphatic carbocycles. The van der Waals surface area contributed by atoms with Gasteiger partial charge in [0.15, 0.2) is 0 Å². The molecule has 0 heterocycles. The molecule has 4 nitrogen and oxygen atoms in total. The van der Waals surface area contributed by atoms with Gasteiger partial charge in [0.2, 0.25) is 0 Å². The molecule has 0 aromatic heterocycles. The van der Waals surface area contributed by atoms with E-state index in [-0.39, 0.29) is 18.9 Å². The van der Waals surface area contributed by atoms with Crippen LogP contribution in [0, 0.1) is 5.92 Å². The van der Waals surface area contributed by atoms with Crippen LogP contribution in [-0.4, -0.2) is 33.5 Å². The minimum atomic E-state index is -0.961. The normalized spacial score (nSPS) is 34.3. The Kier molecular flexibility index (Phi) is 3.88. The lowest BCUT2D eigenvalue weighted by atomic mass is 9.71. The largest absolute Gasteiger partial charge is 0.481 e. The summed E-state index contributed by atoms with van der Waals surface area (Å²) in [6.07, 6.45) is 3.79. The van der Waals surface area contributed by atoms with Crippen LogP contribution in [0.25, 0.3) is 0 Å². The number of carboxylic acids is 1. The van der Waals surface area contributed by atoms with E-state index >= 15 is 0 Å². The van der Waals surface area contributed by atoms with Gasteiger partial charge in [0.1, 0.15) is 0 Å². The Bertz CT molecular complexity index is 268. The lowest BCUT2D eigenvalue weighted by molar-refractivity contribution is -0.140. The zero-order valence-electron chi connectivity index (χ0n) is 8.94. The molecule has 0 saturated heterocycles. The summed E-state index contributed by atoms with van der Waals surface area (Å²) in [6, 6.07) is 0. The van der Waals surface area contributed by atoms with Crippen molar-refractivity contribution in [3.63, 3.8) is 0 Å². The van der Waals surface area contributed by atoms with Crippen LogP contribution in [0.4, 0.5) is 0 Å². The fraction of sp³-hybridized carbons (Fsp3) is 0.727. The molecule has 1 saturated carbocycles. The molecule has 0 aromatic rings. The maximum atomic E-state index is 10.7. The van der Waals surface area contributed by atoms with Crippen molar-refractivity contribution in [1.82, 2.24) is 0 Å². The lowest BCUT2D eigenvalue weighted by Crippen LogP contribution is -2.40. The Morgan fingerprint density at radius 2 is 2.33 bits per heavy atom. The van der Waals surface area contributed by atoms with Gasteiger partial charge < -0.3 is 15.3 Å². The molecule has 0 aliphatic heterocycles. The number of aliphatic hydroxyl groups excluding tert-OH is 1. The van der Waals surface area contributed by atoms with E-state index in [1.165, 1.54) is 0 Å². The fourth-order valence-electron chi connectivity index (χ4n) is 2.29. The van der Waals surface area contributed by atoms with E-state index in [1.54, 1.807) is 13.0 Å². The predicted octanol–water partition coefficient (Wildman–Crippen LogP) is 0.931. The summed E-state index contributed by atoms with van der Waals surface area (Å²) in [5.41, 5.74) is -0.0892. The Morgan fingerprint density at radius 1 is 1.67 bits per heavy atom. The summed E-state index contributed by atoms with van der Waals surface area (Å²) in [4.78, 5) is 10.7. The third-order valence-corrected chi connectivity index (χ3v) is 3.08. The average molecular weight is 214 g/mol. The Hall–Kier alpha value is -0.870. The van der Waals surface area contributed by atoms with Crippen molar-refractivity contribution in [3.8, 4) is 0 Å². The first-order chi connectivity index (χ1) is 6.97. The minimum Gasteiger partial charge on any atom is -0.481 e. The van der Waals surface area contributed by atoms with Crippen molar-refractivity contribution in [3.05, 3.63) is 11.6 Å². The predicted molar refractivity (Wildman–Crippen MR) is 55.4 cm³/mol. The Balaban J connectivity index is 2.87. The summed E-state index contributed by atoms with van der Waals surface area (Å²) in [5, 5.41) is 27.7. The van der Waals surface area contributed by atoms with Crippen molar-refractivity contribution in [1.29, 1.82) is 0 Å². The number of carboxylic acid groups (broad SMARTS) is 1. The van der Waals surface area contributed by atoms with Crippen molar-refractivity contribution in [2.24, 2.45) is 5.92 Å². The Labute approximate surface area is 89.2 Å². The lowest BCUT2D eigenvalue weighted by Gasteiger charge is -2.38. The van der Waals surface area contributed by atoms with Gasteiger partial charge in [0, 0.05) is 5.92 Å². The van der Waals surface area contributed by atoms with Crippen LogP contribution in [0.15, 0.2) is 11.6 Å². The van der Waals surface area contributed by atoms with Crippen molar-refractivity contribution < 1.29 is 20.1 Å². The van der Waals surface area contributed by atoms with Crippen molar-refractivity contribution in [2.75, 3.05) is 6.61 Å². The zero-order chi connectivity index (χ0) is 11.5. The second kappa shape index (κ2) is 4.77. The third-order valence-electron chi connectivity index (χ3n) is 3.08. The van der Waals surface area contributed by atoms with Crippen LogP contribution in [0.1, 0.15) is 32.6 Å². The molecule has 2 atom stereocenters. The average Bonchev–Trinajstić information content (AvgIpc) is 2.10. The maximum absolute atomic E-state index is 10.7. The van der Waals surface area contributed by atoms with Crippen LogP contribution in [0.3, 0.4) is 0 Å². The summed E-state index contributed by atoms with van der Waals surface area (Å²) < 4.78 is 0. The standard InChI is InChI=1S/C11H18O4/c1-11(15)5-2-3-8(4-6-12)9(11)7-10(13)14/h4,9,12,15H,2-3,5-7H2,1H3,(H,13,14)/b8-4+. The second-order valence-electron chi connectivity index (χ2n) is 4.32. The minimum absolute atomic E-state index is 0.0706. The number of hydrogen-bond donors (Lipinski definition) is 3. The highest BCUT2D eigenvalue weighted by molar-refractivity contribution is 5.68. The summed E-state index contributed by atoms with van der Waals surface area (Å²) in [5.74, 6) is -1.28. The number of hydrogen-bond acceptors (Lipinski definition) is 3. The molecule has 2 unspecified atom stereocenters. The quantitative estimate of drug-likeness (QED) is 0.611. The van der Waals surface area contributed by atoms with Crippen LogP contribution in [0.2, 0.25) is 0 Å². The molecule has 0 amide bonds. The smallest absolute Gasteiger partial charge is 0.304 e. The molecule has 1 rings (SSSR count). The van der Waals surface area contributed by atoms with E-state index in [4.69, 9.17) is 10.2 Å². The topological polar surface area (TPSA) is 77.8 Å². The monoisotopic (exact) mass is 214 g/mol. The van der Waals surface area contributed by atoms with Gasteiger partial charge in [-0.1, -0.05) is 11.6 Å². The van der Waals surface area contributed by atoms with Gasteiger partial charge in [0.25, 0.3) is 0 Å². The van der Waals surface area contributed by atoms with E-state index in [1.807, 2.05) is 0 Å². The number of rotatable bonds is 3. The molecular weight excluding hydrogens is 196 g/mol. The molecule has 15 heavy (non-hydrogen) atoms. The number of aliphatic hydroxyl groups is 2. The van der Waals surface area contributed by atoms with Crippen molar-refractivity contribution in [2.45, 2.75) is 38.2 Å². The number of carbonyl (C=O) groups is 1. The van der Waals surface area contributed by atoms with Crippen LogP contribution in [-0.2, 0) is 4.79 Å². The maximum Gasteiger partial charge on any atom is 0.304 e. The summed E-state index contributed by atoms with van der Waals surface area (Å²) in [7, 11) is 0. The Morgan fingerprint density at radius 3 is 2.87 bits per heavy atom. The van der Waals surface area contributed by atoms with E-state index in [0.29, 0.717) is 6.42 Å². The zero-order valence-corrected chi connectivity index (χ0v) is 8.94. The highest BCUT2D eigenvalue weighted by Crippen LogP contribution is 2.39. The fourth-order valence-corrected chi connectivity index (χ4v) is 2.29. The van der Waals surface area contributed by atoms with Crippen LogP contribution < -0.4 is 0 Å². The van der Waals surface area contributed by atoms with Gasteiger partial charge in [-0.2, -0.15) is 0 Å². The highest BCUT2D eigenvalue weighted by atomic mass is 16.4. The van der Waals surface area contributed by atoms with Gasteiger partial charge in [0.05, 0.1) is 18.6 Å². The number of aliphatic carboxylic acids is 1. The van der Waals surface area contributed by atoms with E-state index in [9.17, 15) is 9.90 Å². The first-order valence-corrected chi connectivity index (χ1v) is 5.21. The van der Waals surface area contributed by atoms with E-state index < -0.39 is 11.6 Å². The van der Waals surface area contributed by atoms with Gasteiger partial charge in [-0.25, -0.2) is 0 Å². The van der Waals surface area contributed by atoms with Gasteiger partial charge >= 0.3 is 5.97 Å². The summed E-state index contributed by atoms with van der Waals surface area (Å²) >= 11 is 0. The third kappa shape index (κ3) is 3.04. The summed E-state index contributed by atoms with van der Waals surface area (Å²) in [6.45, 7) is 1.58. The van der Waals surface area contributed by atoms with E-state index in [2.05, 4.69) is 0 Å². The van der Waals surface area contributed by atoms with Gasteiger partial charge in [-0.05, 0) is 26.2 Å². The molecule has 4 heteroatoms. The molecule has 1 fully saturated rings. The highest BCUT2D eigenvalue weighted by Gasteiger charge is 2.38. The first-order valence-electron chi connectivity index (χ1n) is 5.21. The van der Waals surface area contributed by atoms with Crippen molar-refractivity contribution >= 4 is 5.97 Å². The molecule has 0 radical (unpaired) electrons. The van der Waals surface area contributed by atoms with Crippen LogP contribution >= 0.6 is 0 Å². The van der Waals surface area contributed by atoms with Gasteiger partial charge in [-0.3, -0.25) is 4.79 Å².